The van der Waals surface area contributed by atoms with E-state index in [0.29, 0.717) is 26.6 Å². The highest BCUT2D eigenvalue weighted by Gasteiger charge is 2.09. The first-order valence-corrected chi connectivity index (χ1v) is 4.87. The van der Waals surface area contributed by atoms with Gasteiger partial charge in [0.15, 0.2) is 0 Å². The van der Waals surface area contributed by atoms with Gasteiger partial charge in [-0.15, -0.1) is 0 Å². The lowest BCUT2D eigenvalue weighted by Crippen LogP contribution is -2.29. The molecule has 15 heavy (non-hydrogen) atoms. The zero-order valence-electron chi connectivity index (χ0n) is 7.65. The van der Waals surface area contributed by atoms with Gasteiger partial charge in [0, 0.05) is 0 Å². The lowest BCUT2D eigenvalue weighted by Gasteiger charge is -2.05. The smallest absolute Gasteiger partial charge is 0.314 e. The zero-order chi connectivity index (χ0) is 11.2. The molecule has 0 atom stereocenters. The number of benzene rings is 1. The van der Waals surface area contributed by atoms with E-state index in [1.165, 1.54) is 6.07 Å². The first-order chi connectivity index (χ1) is 7.00. The third-order valence-corrected chi connectivity index (χ3v) is 3.03. The number of hydrogen-bond donors (Lipinski definition) is 2. The molecule has 6 heteroatoms. The van der Waals surface area contributed by atoms with Gasteiger partial charge in [-0.2, -0.15) is 0 Å². The number of H-pyrrole nitrogens is 2. The molecular weight excluding hydrogens is 239 g/mol. The molecular formula is C9H6Cl2N2O2. The van der Waals surface area contributed by atoms with E-state index in [0.717, 1.165) is 0 Å². The molecule has 0 radical (unpaired) electrons. The number of fused-ring (bicyclic) bond motifs is 1. The van der Waals surface area contributed by atoms with Gasteiger partial charge in [-0.25, -0.2) is 0 Å². The molecule has 0 unspecified atom stereocenters. The number of nitrogens with one attached hydrogen (secondary N) is 2. The molecule has 0 saturated heterocycles. The van der Waals surface area contributed by atoms with Crippen LogP contribution in [0.5, 0.6) is 0 Å². The molecule has 2 aromatic rings. The fourth-order valence-corrected chi connectivity index (χ4v) is 1.76. The van der Waals surface area contributed by atoms with Crippen LogP contribution in [0.25, 0.3) is 11.0 Å². The van der Waals surface area contributed by atoms with Crippen LogP contribution in [-0.2, 0) is 0 Å². The summed E-state index contributed by atoms with van der Waals surface area (Å²) in [4.78, 5) is 27.0. The Hall–Kier alpha value is -1.26. The molecule has 4 nitrogen and oxygen atoms in total. The van der Waals surface area contributed by atoms with Crippen molar-refractivity contribution < 1.29 is 0 Å². The van der Waals surface area contributed by atoms with Gasteiger partial charge in [-0.05, 0) is 18.6 Å². The van der Waals surface area contributed by atoms with Crippen LogP contribution in [0.15, 0.2) is 15.7 Å². The standard InChI is InChI=1S/C9H6Cl2N2O2/c1-3-6(11)4(10)2-5-7(3)13-9(15)8(14)12-5/h2H,1H3,(H,12,14)(H,13,15). The normalized spacial score (nSPS) is 10.9. The molecule has 0 aliphatic carbocycles. The van der Waals surface area contributed by atoms with Crippen LogP contribution in [0.2, 0.25) is 10.0 Å². The van der Waals surface area contributed by atoms with Gasteiger partial charge in [0.25, 0.3) is 0 Å². The minimum Gasteiger partial charge on any atom is -0.316 e. The summed E-state index contributed by atoms with van der Waals surface area (Å²) in [6.45, 7) is 1.71. The van der Waals surface area contributed by atoms with E-state index in [2.05, 4.69) is 9.97 Å². The maximum atomic E-state index is 11.1. The van der Waals surface area contributed by atoms with Gasteiger partial charge in [0.1, 0.15) is 0 Å². The van der Waals surface area contributed by atoms with Crippen molar-refractivity contribution in [2.24, 2.45) is 0 Å². The lowest BCUT2D eigenvalue weighted by atomic mass is 10.2. The maximum absolute atomic E-state index is 11.1. The monoisotopic (exact) mass is 244 g/mol. The molecule has 1 aromatic heterocycles. The van der Waals surface area contributed by atoms with Crippen LogP contribution >= 0.6 is 23.2 Å². The van der Waals surface area contributed by atoms with Crippen molar-refractivity contribution in [2.45, 2.75) is 6.92 Å². The van der Waals surface area contributed by atoms with Crippen molar-refractivity contribution in [1.29, 1.82) is 0 Å². The van der Waals surface area contributed by atoms with Crippen LogP contribution in [0.1, 0.15) is 5.56 Å². The Morgan fingerprint density at radius 1 is 1.13 bits per heavy atom. The lowest BCUT2D eigenvalue weighted by molar-refractivity contribution is 1.14. The van der Waals surface area contributed by atoms with Crippen molar-refractivity contribution >= 4 is 34.2 Å². The second-order valence-corrected chi connectivity index (χ2v) is 3.91. The molecule has 78 valence electrons. The van der Waals surface area contributed by atoms with Crippen molar-refractivity contribution in [3.8, 4) is 0 Å². The molecule has 2 rings (SSSR count). The van der Waals surface area contributed by atoms with E-state index >= 15 is 0 Å². The van der Waals surface area contributed by atoms with Crippen LogP contribution in [0.4, 0.5) is 0 Å². The number of aromatic amines is 2. The Kier molecular flexibility index (Phi) is 2.32. The number of halogens is 2. The molecule has 0 amide bonds. The molecule has 1 heterocycles. The van der Waals surface area contributed by atoms with Crippen molar-refractivity contribution in [1.82, 2.24) is 9.97 Å². The Morgan fingerprint density at radius 3 is 2.40 bits per heavy atom. The minimum absolute atomic E-state index is 0.337. The first-order valence-electron chi connectivity index (χ1n) is 4.11. The Morgan fingerprint density at radius 2 is 1.73 bits per heavy atom. The van der Waals surface area contributed by atoms with E-state index in [-0.39, 0.29) is 0 Å². The van der Waals surface area contributed by atoms with Crippen LogP contribution < -0.4 is 11.1 Å². The Labute approximate surface area is 93.8 Å². The summed E-state index contributed by atoms with van der Waals surface area (Å²) >= 11 is 11.7. The van der Waals surface area contributed by atoms with Crippen molar-refractivity contribution in [2.75, 3.05) is 0 Å². The van der Waals surface area contributed by atoms with Gasteiger partial charge < -0.3 is 9.97 Å². The van der Waals surface area contributed by atoms with Crippen LogP contribution in [0.3, 0.4) is 0 Å². The molecule has 0 saturated carbocycles. The predicted octanol–water partition coefficient (Wildman–Crippen LogP) is 1.83. The number of aryl methyl sites for hydroxylation is 1. The average molecular weight is 245 g/mol. The second kappa shape index (κ2) is 3.40. The largest absolute Gasteiger partial charge is 0.316 e. The molecule has 0 fully saturated rings. The molecule has 1 aromatic carbocycles. The van der Waals surface area contributed by atoms with Gasteiger partial charge >= 0.3 is 11.1 Å². The number of aromatic nitrogens is 2. The average Bonchev–Trinajstić information content (AvgIpc) is 2.19. The fraction of sp³-hybridized carbons (Fsp3) is 0.111. The van der Waals surface area contributed by atoms with E-state index in [1.54, 1.807) is 6.92 Å². The quantitative estimate of drug-likeness (QED) is 0.695. The van der Waals surface area contributed by atoms with E-state index in [9.17, 15) is 9.59 Å². The fourth-order valence-electron chi connectivity index (χ4n) is 1.36. The van der Waals surface area contributed by atoms with Gasteiger partial charge in [0.2, 0.25) is 0 Å². The number of hydrogen-bond acceptors (Lipinski definition) is 2. The summed E-state index contributed by atoms with van der Waals surface area (Å²) in [5, 5.41) is 0.705. The maximum Gasteiger partial charge on any atom is 0.314 e. The van der Waals surface area contributed by atoms with E-state index in [4.69, 9.17) is 23.2 Å². The Bertz CT molecular complexity index is 657. The highest BCUT2D eigenvalue weighted by molar-refractivity contribution is 6.43. The minimum atomic E-state index is -0.708. The first kappa shape index (κ1) is 10.3. The SMILES string of the molecule is Cc1c(Cl)c(Cl)cc2[nH]c(=O)c(=O)[nH]c12. The van der Waals surface area contributed by atoms with Gasteiger partial charge in [-0.1, -0.05) is 23.2 Å². The van der Waals surface area contributed by atoms with Crippen LogP contribution in [0, 0.1) is 6.92 Å². The highest BCUT2D eigenvalue weighted by Crippen LogP contribution is 2.29. The van der Waals surface area contributed by atoms with E-state index < -0.39 is 11.1 Å². The van der Waals surface area contributed by atoms with Crippen molar-refractivity contribution in [3.05, 3.63) is 42.4 Å². The molecule has 2 N–H and O–H groups in total. The zero-order valence-corrected chi connectivity index (χ0v) is 9.16. The third-order valence-electron chi connectivity index (χ3n) is 2.15. The predicted molar refractivity (Wildman–Crippen MR) is 59.9 cm³/mol. The highest BCUT2D eigenvalue weighted by atomic mass is 35.5. The van der Waals surface area contributed by atoms with E-state index in [1.807, 2.05) is 0 Å². The van der Waals surface area contributed by atoms with Gasteiger partial charge in [0.05, 0.1) is 21.1 Å². The second-order valence-electron chi connectivity index (χ2n) is 3.13. The van der Waals surface area contributed by atoms with Gasteiger partial charge in [-0.3, -0.25) is 9.59 Å². The summed E-state index contributed by atoms with van der Waals surface area (Å²) in [6.07, 6.45) is 0. The Balaban J connectivity index is 3.06. The third kappa shape index (κ3) is 1.56. The number of rotatable bonds is 0. The summed E-state index contributed by atoms with van der Waals surface area (Å²) in [5.41, 5.74) is 0.178. The topological polar surface area (TPSA) is 65.7 Å². The summed E-state index contributed by atoms with van der Waals surface area (Å²) in [6, 6.07) is 1.50. The summed E-state index contributed by atoms with van der Waals surface area (Å²) in [7, 11) is 0. The molecule has 0 aliphatic rings. The summed E-state index contributed by atoms with van der Waals surface area (Å²) < 4.78 is 0. The molecule has 0 aliphatic heterocycles. The van der Waals surface area contributed by atoms with Crippen LogP contribution in [-0.4, -0.2) is 9.97 Å². The van der Waals surface area contributed by atoms with Crippen molar-refractivity contribution in [3.63, 3.8) is 0 Å². The summed E-state index contributed by atoms with van der Waals surface area (Å²) in [5.74, 6) is 0. The molecule has 0 bridgehead atoms. The molecule has 0 spiro atoms.